The van der Waals surface area contributed by atoms with E-state index in [1.165, 1.54) is 5.01 Å². The molecular weight excluding hydrogens is 358 g/mol. The molecule has 0 saturated heterocycles. The summed E-state index contributed by atoms with van der Waals surface area (Å²) in [6.45, 7) is 8.58. The first-order valence-electron chi connectivity index (χ1n) is 9.41. The van der Waals surface area contributed by atoms with E-state index in [0.29, 0.717) is 26.1 Å². The predicted molar refractivity (Wildman–Crippen MR) is 107 cm³/mol. The van der Waals surface area contributed by atoms with Gasteiger partial charge in [-0.05, 0) is 19.4 Å². The molecule has 0 unspecified atom stereocenters. The fraction of sp³-hybridized carbons (Fsp3) is 0.429. The second-order valence-electron chi connectivity index (χ2n) is 6.71. The van der Waals surface area contributed by atoms with Crippen LogP contribution in [0.5, 0.6) is 0 Å². The Morgan fingerprint density at radius 2 is 1.93 bits per heavy atom. The zero-order chi connectivity index (χ0) is 20.5. The summed E-state index contributed by atoms with van der Waals surface area (Å²) in [5, 5.41) is 5.75. The molecule has 0 radical (unpaired) electrons. The summed E-state index contributed by atoms with van der Waals surface area (Å²) in [7, 11) is 0. The second-order valence-corrected chi connectivity index (χ2v) is 6.71. The quantitative estimate of drug-likeness (QED) is 0.483. The highest BCUT2D eigenvalue weighted by molar-refractivity contribution is 6.02. The Bertz CT molecular complexity index is 758. The van der Waals surface area contributed by atoms with Crippen molar-refractivity contribution in [3.8, 4) is 0 Å². The van der Waals surface area contributed by atoms with Crippen LogP contribution in [-0.2, 0) is 19.1 Å². The Morgan fingerprint density at radius 1 is 1.21 bits per heavy atom. The average Bonchev–Trinajstić information content (AvgIpc) is 3.19. The summed E-state index contributed by atoms with van der Waals surface area (Å²) >= 11 is 0. The van der Waals surface area contributed by atoms with Gasteiger partial charge in [0.05, 0.1) is 18.7 Å². The van der Waals surface area contributed by atoms with Crippen LogP contribution in [-0.4, -0.2) is 59.6 Å². The number of nitrogens with zero attached hydrogens (tertiary/aromatic N) is 3. The molecular formula is C21H27N3O4. The summed E-state index contributed by atoms with van der Waals surface area (Å²) in [4.78, 5) is 37.7. The molecule has 0 N–H and O–H groups in total. The molecule has 28 heavy (non-hydrogen) atoms. The van der Waals surface area contributed by atoms with Gasteiger partial charge in [-0.2, -0.15) is 5.10 Å². The molecule has 150 valence electrons. The predicted octanol–water partition coefficient (Wildman–Crippen LogP) is 2.37. The Labute approximate surface area is 165 Å². The van der Waals surface area contributed by atoms with Crippen LogP contribution in [0.2, 0.25) is 0 Å². The summed E-state index contributed by atoms with van der Waals surface area (Å²) in [6.07, 6.45) is 0.609. The molecule has 0 aliphatic carbocycles. The Hall–Kier alpha value is -2.96. The molecule has 1 aromatic rings. The molecule has 1 aliphatic heterocycles. The lowest BCUT2D eigenvalue weighted by Crippen LogP contribution is -2.35. The van der Waals surface area contributed by atoms with Crippen molar-refractivity contribution in [3.63, 3.8) is 0 Å². The van der Waals surface area contributed by atoms with Crippen LogP contribution in [0.3, 0.4) is 0 Å². The van der Waals surface area contributed by atoms with Crippen molar-refractivity contribution >= 4 is 23.5 Å². The van der Waals surface area contributed by atoms with Crippen LogP contribution in [0, 0.1) is 0 Å². The molecule has 7 nitrogen and oxygen atoms in total. The Morgan fingerprint density at radius 3 is 2.57 bits per heavy atom. The first-order valence-corrected chi connectivity index (χ1v) is 9.41. The van der Waals surface area contributed by atoms with Crippen molar-refractivity contribution < 1.29 is 19.1 Å². The van der Waals surface area contributed by atoms with E-state index in [2.05, 4.69) is 11.7 Å². The number of hydrogen-bond donors (Lipinski definition) is 0. The van der Waals surface area contributed by atoms with E-state index in [4.69, 9.17) is 4.74 Å². The number of rotatable bonds is 9. The molecule has 1 aromatic carbocycles. The largest absolute Gasteiger partial charge is 0.456 e. The number of likely N-dealkylation sites (N-methyl/N-ethyl adjacent to an activating group) is 1. The van der Waals surface area contributed by atoms with Gasteiger partial charge in [0.25, 0.3) is 5.91 Å². The number of hydrogen-bond acceptors (Lipinski definition) is 5. The monoisotopic (exact) mass is 385 g/mol. The Balaban J connectivity index is 1.75. The minimum absolute atomic E-state index is 0.00184. The van der Waals surface area contributed by atoms with Crippen molar-refractivity contribution in [2.75, 3.05) is 26.2 Å². The number of benzene rings is 1. The first kappa shape index (κ1) is 21.3. The molecule has 0 saturated carbocycles. The van der Waals surface area contributed by atoms with Crippen LogP contribution >= 0.6 is 0 Å². The number of amides is 2. The number of carbonyl (C=O) groups excluding carboxylic acids is 3. The fourth-order valence-corrected chi connectivity index (χ4v) is 2.82. The average molecular weight is 385 g/mol. The third-order valence-corrected chi connectivity index (χ3v) is 4.29. The third-order valence-electron chi connectivity index (χ3n) is 4.29. The van der Waals surface area contributed by atoms with Gasteiger partial charge in [0.15, 0.2) is 6.61 Å². The van der Waals surface area contributed by atoms with Crippen molar-refractivity contribution in [1.29, 1.82) is 0 Å². The molecule has 0 atom stereocenters. The molecule has 1 heterocycles. The van der Waals surface area contributed by atoms with Crippen LogP contribution in [0.15, 0.2) is 47.6 Å². The maximum absolute atomic E-state index is 12.3. The first-order chi connectivity index (χ1) is 13.4. The van der Waals surface area contributed by atoms with Gasteiger partial charge >= 0.3 is 5.97 Å². The van der Waals surface area contributed by atoms with Gasteiger partial charge in [0.1, 0.15) is 0 Å². The van der Waals surface area contributed by atoms with Crippen molar-refractivity contribution in [3.05, 3.63) is 48.0 Å². The van der Waals surface area contributed by atoms with Crippen LogP contribution in [0.1, 0.15) is 38.7 Å². The highest BCUT2D eigenvalue weighted by Gasteiger charge is 2.22. The summed E-state index contributed by atoms with van der Waals surface area (Å²) in [5.41, 5.74) is 2.71. The van der Waals surface area contributed by atoms with Crippen molar-refractivity contribution in [2.45, 2.75) is 33.1 Å². The molecule has 2 amide bonds. The van der Waals surface area contributed by atoms with E-state index < -0.39 is 5.97 Å². The molecule has 7 heteroatoms. The van der Waals surface area contributed by atoms with E-state index >= 15 is 0 Å². The minimum atomic E-state index is -0.570. The van der Waals surface area contributed by atoms with E-state index in [1.807, 2.05) is 44.2 Å². The molecule has 0 bridgehead atoms. The highest BCUT2D eigenvalue weighted by Crippen LogP contribution is 2.15. The number of hydrazone groups is 1. The zero-order valence-corrected chi connectivity index (χ0v) is 16.5. The van der Waals surface area contributed by atoms with Gasteiger partial charge in [-0.25, -0.2) is 5.01 Å². The standard InChI is InChI=1S/C21H27N3O4/c1-4-23(14-16(2)3)20(26)15-28-21(27)11-10-19(25)24-13-12-18(22-24)17-8-6-5-7-9-17/h5-9H,2,4,10-15H2,1,3H3. The smallest absolute Gasteiger partial charge is 0.306 e. The van der Waals surface area contributed by atoms with Crippen LogP contribution in [0.25, 0.3) is 0 Å². The van der Waals surface area contributed by atoms with Gasteiger partial charge in [-0.3, -0.25) is 14.4 Å². The van der Waals surface area contributed by atoms with Crippen molar-refractivity contribution in [1.82, 2.24) is 9.91 Å². The summed E-state index contributed by atoms with van der Waals surface area (Å²) < 4.78 is 5.01. The van der Waals surface area contributed by atoms with Gasteiger partial charge in [0, 0.05) is 25.9 Å². The van der Waals surface area contributed by atoms with Crippen LogP contribution in [0.4, 0.5) is 0 Å². The van der Waals surface area contributed by atoms with Crippen molar-refractivity contribution in [2.24, 2.45) is 5.10 Å². The van der Waals surface area contributed by atoms with E-state index in [0.717, 1.165) is 16.8 Å². The maximum Gasteiger partial charge on any atom is 0.306 e. The molecule has 0 fully saturated rings. The number of carbonyl (C=O) groups is 3. The number of ether oxygens (including phenoxy) is 1. The van der Waals surface area contributed by atoms with E-state index in [9.17, 15) is 14.4 Å². The number of esters is 1. The molecule has 2 rings (SSSR count). The summed E-state index contributed by atoms with van der Waals surface area (Å²) in [5.74, 6) is -1.08. The highest BCUT2D eigenvalue weighted by atomic mass is 16.5. The second kappa shape index (κ2) is 10.4. The lowest BCUT2D eigenvalue weighted by atomic mass is 10.1. The van der Waals surface area contributed by atoms with Gasteiger partial charge in [0.2, 0.25) is 5.91 Å². The van der Waals surface area contributed by atoms with Gasteiger partial charge in [-0.1, -0.05) is 42.5 Å². The lowest BCUT2D eigenvalue weighted by molar-refractivity contribution is -0.152. The van der Waals surface area contributed by atoms with E-state index in [-0.39, 0.29) is 31.3 Å². The topological polar surface area (TPSA) is 79.3 Å². The maximum atomic E-state index is 12.3. The fourth-order valence-electron chi connectivity index (χ4n) is 2.82. The summed E-state index contributed by atoms with van der Waals surface area (Å²) in [6, 6.07) is 9.69. The Kier molecular flexibility index (Phi) is 7.92. The normalized spacial score (nSPS) is 13.1. The SMILES string of the molecule is C=C(C)CN(CC)C(=O)COC(=O)CCC(=O)N1CCC(c2ccccc2)=N1. The minimum Gasteiger partial charge on any atom is -0.456 e. The van der Waals surface area contributed by atoms with Crippen LogP contribution < -0.4 is 0 Å². The van der Waals surface area contributed by atoms with E-state index in [1.54, 1.807) is 4.90 Å². The third kappa shape index (κ3) is 6.33. The molecule has 0 aromatic heterocycles. The molecule has 1 aliphatic rings. The molecule has 0 spiro atoms. The lowest BCUT2D eigenvalue weighted by Gasteiger charge is -2.20. The zero-order valence-electron chi connectivity index (χ0n) is 16.5. The van der Waals surface area contributed by atoms with Gasteiger partial charge in [-0.15, -0.1) is 0 Å². The van der Waals surface area contributed by atoms with Gasteiger partial charge < -0.3 is 9.64 Å².